The van der Waals surface area contributed by atoms with E-state index in [1.165, 1.54) is 23.7 Å². The lowest BCUT2D eigenvalue weighted by atomic mass is 10.0. The summed E-state index contributed by atoms with van der Waals surface area (Å²) in [5.74, 6) is 0.608. The molecule has 0 radical (unpaired) electrons. The van der Waals surface area contributed by atoms with Crippen molar-refractivity contribution in [2.45, 2.75) is 45.6 Å². The number of anilines is 1. The fourth-order valence-corrected chi connectivity index (χ4v) is 3.57. The maximum Gasteiger partial charge on any atom is 0.143 e. The number of rotatable bonds is 8. The summed E-state index contributed by atoms with van der Waals surface area (Å²) in [4.78, 5) is 12.9. The fourth-order valence-electron chi connectivity index (χ4n) is 3.57. The summed E-state index contributed by atoms with van der Waals surface area (Å²) < 4.78 is 20.2. The number of aryl methyl sites for hydroxylation is 2. The van der Waals surface area contributed by atoms with Gasteiger partial charge in [0, 0.05) is 19.5 Å². The quantitative estimate of drug-likeness (QED) is 0.643. The summed E-state index contributed by atoms with van der Waals surface area (Å²) in [7, 11) is 0. The van der Waals surface area contributed by atoms with Crippen molar-refractivity contribution < 1.29 is 13.9 Å². The van der Waals surface area contributed by atoms with E-state index < -0.39 is 0 Å². The van der Waals surface area contributed by atoms with Crippen LogP contribution >= 0.6 is 0 Å². The number of benzene rings is 2. The minimum absolute atomic E-state index is 0.268. The summed E-state index contributed by atoms with van der Waals surface area (Å²) in [6, 6.07) is 11.4. The van der Waals surface area contributed by atoms with Crippen LogP contribution in [0.2, 0.25) is 0 Å². The van der Waals surface area contributed by atoms with Crippen molar-refractivity contribution in [3.8, 4) is 5.75 Å². The van der Waals surface area contributed by atoms with Crippen molar-refractivity contribution in [1.29, 1.82) is 0 Å². The van der Waals surface area contributed by atoms with Crippen molar-refractivity contribution >= 4 is 12.0 Å². The fraction of sp³-hybridized carbons (Fsp3) is 0.409. The number of carbonyl (C=O) groups is 1. The van der Waals surface area contributed by atoms with Gasteiger partial charge in [-0.1, -0.05) is 31.2 Å². The van der Waals surface area contributed by atoms with Crippen molar-refractivity contribution in [2.75, 3.05) is 18.0 Å². The number of hydrogen-bond acceptors (Lipinski definition) is 3. The van der Waals surface area contributed by atoms with E-state index in [-0.39, 0.29) is 5.82 Å². The monoisotopic (exact) mass is 355 g/mol. The predicted molar refractivity (Wildman–Crippen MR) is 102 cm³/mol. The standard InChI is InChI=1S/C22H26FNO2/c1-2-12-24-13-4-7-19-6-3-9-21(22(19)24)26-16-17-10-11-18(8-5-14-25)20(23)15-17/h3,6,9-11,14-15H,2,4-5,7-8,12-13,16H2,1H3. The molecule has 1 heterocycles. The van der Waals surface area contributed by atoms with Gasteiger partial charge >= 0.3 is 0 Å². The lowest BCUT2D eigenvalue weighted by molar-refractivity contribution is -0.107. The minimum atomic E-state index is -0.268. The Morgan fingerprint density at radius 1 is 1.27 bits per heavy atom. The molecule has 4 heteroatoms. The van der Waals surface area contributed by atoms with Crippen molar-refractivity contribution in [3.05, 3.63) is 58.9 Å². The van der Waals surface area contributed by atoms with E-state index in [0.29, 0.717) is 25.0 Å². The van der Waals surface area contributed by atoms with Crippen molar-refractivity contribution in [2.24, 2.45) is 0 Å². The smallest absolute Gasteiger partial charge is 0.143 e. The van der Waals surface area contributed by atoms with Crippen LogP contribution in [0.3, 0.4) is 0 Å². The Morgan fingerprint density at radius 3 is 2.92 bits per heavy atom. The second kappa shape index (κ2) is 8.84. The molecule has 0 aliphatic carbocycles. The molecule has 26 heavy (non-hydrogen) atoms. The average Bonchev–Trinajstić information content (AvgIpc) is 2.66. The molecule has 1 aliphatic heterocycles. The highest BCUT2D eigenvalue weighted by atomic mass is 19.1. The zero-order valence-corrected chi connectivity index (χ0v) is 15.3. The molecule has 0 bridgehead atoms. The summed E-state index contributed by atoms with van der Waals surface area (Å²) in [6.45, 7) is 4.60. The molecule has 0 spiro atoms. The SMILES string of the molecule is CCCN1CCCc2cccc(OCc3ccc(CCC=O)c(F)c3)c21. The maximum atomic E-state index is 14.2. The molecular formula is C22H26FNO2. The highest BCUT2D eigenvalue weighted by Crippen LogP contribution is 2.36. The van der Waals surface area contributed by atoms with Gasteiger partial charge in [-0.2, -0.15) is 0 Å². The van der Waals surface area contributed by atoms with Gasteiger partial charge in [-0.25, -0.2) is 4.39 Å². The molecule has 0 saturated heterocycles. The molecule has 1 aliphatic rings. The van der Waals surface area contributed by atoms with Crippen LogP contribution in [0.5, 0.6) is 5.75 Å². The van der Waals surface area contributed by atoms with E-state index in [4.69, 9.17) is 4.74 Å². The highest BCUT2D eigenvalue weighted by molar-refractivity contribution is 5.65. The van der Waals surface area contributed by atoms with E-state index in [0.717, 1.165) is 43.5 Å². The Kier molecular flexibility index (Phi) is 6.26. The van der Waals surface area contributed by atoms with Crippen molar-refractivity contribution in [1.82, 2.24) is 0 Å². The Balaban J connectivity index is 1.74. The van der Waals surface area contributed by atoms with Gasteiger partial charge in [-0.15, -0.1) is 0 Å². The molecule has 0 unspecified atom stereocenters. The van der Waals surface area contributed by atoms with Crippen LogP contribution in [-0.2, 0) is 24.2 Å². The summed E-state index contributed by atoms with van der Waals surface area (Å²) in [6.07, 6.45) is 4.94. The third-order valence-corrected chi connectivity index (χ3v) is 4.81. The Bertz CT molecular complexity index is 760. The Morgan fingerprint density at radius 2 is 2.15 bits per heavy atom. The van der Waals surface area contributed by atoms with E-state index in [2.05, 4.69) is 17.9 Å². The summed E-state index contributed by atoms with van der Waals surface area (Å²) >= 11 is 0. The van der Waals surface area contributed by atoms with Gasteiger partial charge in [-0.3, -0.25) is 0 Å². The van der Waals surface area contributed by atoms with Gasteiger partial charge in [0.25, 0.3) is 0 Å². The topological polar surface area (TPSA) is 29.5 Å². The number of hydrogen-bond donors (Lipinski definition) is 0. The second-order valence-electron chi connectivity index (χ2n) is 6.77. The third kappa shape index (κ3) is 4.24. The van der Waals surface area contributed by atoms with E-state index in [1.807, 2.05) is 18.2 Å². The number of nitrogens with zero attached hydrogens (tertiary/aromatic N) is 1. The van der Waals surface area contributed by atoms with Gasteiger partial charge in [0.1, 0.15) is 24.5 Å². The minimum Gasteiger partial charge on any atom is -0.487 e. The van der Waals surface area contributed by atoms with Crippen LogP contribution in [0.1, 0.15) is 42.9 Å². The molecule has 0 atom stereocenters. The zero-order valence-electron chi connectivity index (χ0n) is 15.3. The molecule has 0 saturated carbocycles. The van der Waals surface area contributed by atoms with Crippen molar-refractivity contribution in [3.63, 3.8) is 0 Å². The average molecular weight is 355 g/mol. The van der Waals surface area contributed by atoms with Crippen LogP contribution in [0, 0.1) is 5.82 Å². The third-order valence-electron chi connectivity index (χ3n) is 4.81. The van der Waals surface area contributed by atoms with Crippen LogP contribution < -0.4 is 9.64 Å². The molecule has 0 amide bonds. The van der Waals surface area contributed by atoms with Gasteiger partial charge < -0.3 is 14.4 Å². The molecule has 3 nitrogen and oxygen atoms in total. The first-order chi connectivity index (χ1) is 12.7. The first-order valence-electron chi connectivity index (χ1n) is 9.43. The predicted octanol–water partition coefficient (Wildman–Crippen LogP) is 4.70. The van der Waals surface area contributed by atoms with Crippen LogP contribution in [0.4, 0.5) is 10.1 Å². The lowest BCUT2D eigenvalue weighted by Gasteiger charge is -2.32. The highest BCUT2D eigenvalue weighted by Gasteiger charge is 2.20. The van der Waals surface area contributed by atoms with Gasteiger partial charge in [-0.05, 0) is 54.5 Å². The first kappa shape index (κ1) is 18.4. The number of halogens is 1. The molecule has 2 aromatic carbocycles. The van der Waals surface area contributed by atoms with Crippen LogP contribution in [-0.4, -0.2) is 19.4 Å². The van der Waals surface area contributed by atoms with E-state index in [9.17, 15) is 9.18 Å². The number of aldehydes is 1. The molecule has 0 fully saturated rings. The molecule has 2 aromatic rings. The maximum absolute atomic E-state index is 14.2. The molecule has 138 valence electrons. The van der Waals surface area contributed by atoms with Gasteiger partial charge in [0.05, 0.1) is 5.69 Å². The molecule has 0 aromatic heterocycles. The summed E-state index contributed by atoms with van der Waals surface area (Å²) in [5.41, 5.74) is 3.90. The van der Waals surface area contributed by atoms with Crippen LogP contribution in [0.15, 0.2) is 36.4 Å². The zero-order chi connectivity index (χ0) is 18.4. The summed E-state index contributed by atoms with van der Waals surface area (Å²) in [5, 5.41) is 0. The largest absolute Gasteiger partial charge is 0.487 e. The van der Waals surface area contributed by atoms with Crippen LogP contribution in [0.25, 0.3) is 0 Å². The van der Waals surface area contributed by atoms with E-state index in [1.54, 1.807) is 6.07 Å². The number of carbonyl (C=O) groups excluding carboxylic acids is 1. The number of fused-ring (bicyclic) bond motifs is 1. The van der Waals surface area contributed by atoms with Gasteiger partial charge in [0.15, 0.2) is 0 Å². The second-order valence-corrected chi connectivity index (χ2v) is 6.77. The Labute approximate surface area is 154 Å². The molecule has 0 N–H and O–H groups in total. The Hall–Kier alpha value is -2.36. The number of ether oxygens (including phenoxy) is 1. The van der Waals surface area contributed by atoms with Gasteiger partial charge in [0.2, 0.25) is 0 Å². The molecule has 3 rings (SSSR count). The van der Waals surface area contributed by atoms with E-state index >= 15 is 0 Å². The number of para-hydroxylation sites is 1. The normalized spacial score (nSPS) is 13.4. The first-order valence-corrected chi connectivity index (χ1v) is 9.43. The lowest BCUT2D eigenvalue weighted by Crippen LogP contribution is -2.30. The molecular weight excluding hydrogens is 329 g/mol.